The maximum atomic E-state index is 11.7. The summed E-state index contributed by atoms with van der Waals surface area (Å²) in [5.41, 5.74) is 0.603. The van der Waals surface area contributed by atoms with Crippen LogP contribution in [-0.4, -0.2) is 17.6 Å². The van der Waals surface area contributed by atoms with Gasteiger partial charge in [-0.2, -0.15) is 0 Å². The third-order valence-corrected chi connectivity index (χ3v) is 3.34. The molecule has 0 bridgehead atoms. The molecule has 0 aliphatic heterocycles. The number of hydrogen-bond donors (Lipinski definition) is 2. The number of nitrogens with one attached hydrogen (secondary N) is 1. The molecular formula is C13H13NO2S. The standard InChI is InChI=1S/C13H13NO2S/c15-11(12-7-4-8-17-12)9-14-13(16)10-5-2-1-3-6-10/h1-8,11,15H,9H2,(H,14,16). The summed E-state index contributed by atoms with van der Waals surface area (Å²) in [6, 6.07) is 12.7. The number of carbonyl (C=O) groups is 1. The molecule has 1 amide bonds. The van der Waals surface area contributed by atoms with Crippen molar-refractivity contribution in [3.8, 4) is 0 Å². The lowest BCUT2D eigenvalue weighted by atomic mass is 10.2. The van der Waals surface area contributed by atoms with E-state index in [1.807, 2.05) is 35.7 Å². The molecule has 1 aromatic carbocycles. The van der Waals surface area contributed by atoms with E-state index in [0.29, 0.717) is 5.56 Å². The van der Waals surface area contributed by atoms with E-state index in [2.05, 4.69) is 5.32 Å². The van der Waals surface area contributed by atoms with Crippen molar-refractivity contribution in [2.45, 2.75) is 6.10 Å². The Morgan fingerprint density at radius 2 is 2.00 bits per heavy atom. The van der Waals surface area contributed by atoms with Crippen LogP contribution in [0.25, 0.3) is 0 Å². The molecule has 2 aromatic rings. The predicted octanol–water partition coefficient (Wildman–Crippen LogP) is 2.21. The van der Waals surface area contributed by atoms with E-state index in [4.69, 9.17) is 0 Å². The van der Waals surface area contributed by atoms with Crippen molar-refractivity contribution in [2.75, 3.05) is 6.54 Å². The summed E-state index contributed by atoms with van der Waals surface area (Å²) in [5.74, 6) is -0.166. The number of rotatable bonds is 4. The average Bonchev–Trinajstić information content (AvgIpc) is 2.90. The molecule has 4 heteroatoms. The normalized spacial score (nSPS) is 12.1. The van der Waals surface area contributed by atoms with E-state index in [9.17, 15) is 9.90 Å². The van der Waals surface area contributed by atoms with Crippen molar-refractivity contribution < 1.29 is 9.90 Å². The van der Waals surface area contributed by atoms with E-state index < -0.39 is 6.10 Å². The fraction of sp³-hybridized carbons (Fsp3) is 0.154. The van der Waals surface area contributed by atoms with Crippen LogP contribution in [0.5, 0.6) is 0 Å². The molecule has 0 radical (unpaired) electrons. The number of hydrogen-bond acceptors (Lipinski definition) is 3. The number of carbonyl (C=O) groups excluding carboxylic acids is 1. The molecule has 2 rings (SSSR count). The molecule has 88 valence electrons. The van der Waals surface area contributed by atoms with Crippen LogP contribution in [0.3, 0.4) is 0 Å². The molecule has 0 saturated carbocycles. The van der Waals surface area contributed by atoms with Crippen LogP contribution in [0.1, 0.15) is 21.3 Å². The van der Waals surface area contributed by atoms with E-state index in [0.717, 1.165) is 4.88 Å². The van der Waals surface area contributed by atoms with Gasteiger partial charge in [-0.25, -0.2) is 0 Å². The summed E-state index contributed by atoms with van der Waals surface area (Å²) < 4.78 is 0. The molecule has 0 saturated heterocycles. The van der Waals surface area contributed by atoms with Crippen molar-refractivity contribution in [1.82, 2.24) is 5.32 Å². The van der Waals surface area contributed by atoms with Gasteiger partial charge in [0.25, 0.3) is 5.91 Å². The first-order chi connectivity index (χ1) is 8.27. The third kappa shape index (κ3) is 3.15. The van der Waals surface area contributed by atoms with Crippen molar-refractivity contribution >= 4 is 17.2 Å². The lowest BCUT2D eigenvalue weighted by molar-refractivity contribution is 0.0918. The number of amides is 1. The fourth-order valence-electron chi connectivity index (χ4n) is 1.46. The molecule has 17 heavy (non-hydrogen) atoms. The molecule has 0 spiro atoms. The van der Waals surface area contributed by atoms with Crippen LogP contribution in [0, 0.1) is 0 Å². The minimum absolute atomic E-state index is 0.166. The molecule has 1 aromatic heterocycles. The molecular weight excluding hydrogens is 234 g/mol. The van der Waals surface area contributed by atoms with Crippen LogP contribution >= 0.6 is 11.3 Å². The SMILES string of the molecule is O=C(NCC(O)c1cccs1)c1ccccc1. The number of aliphatic hydroxyl groups excluding tert-OH is 1. The average molecular weight is 247 g/mol. The highest BCUT2D eigenvalue weighted by atomic mass is 32.1. The maximum absolute atomic E-state index is 11.7. The lowest BCUT2D eigenvalue weighted by Crippen LogP contribution is -2.27. The Morgan fingerprint density at radius 1 is 1.24 bits per heavy atom. The van der Waals surface area contributed by atoms with Crippen molar-refractivity contribution in [1.29, 1.82) is 0 Å². The first kappa shape index (κ1) is 11.8. The monoisotopic (exact) mass is 247 g/mol. The Balaban J connectivity index is 1.89. The predicted molar refractivity (Wildman–Crippen MR) is 68.1 cm³/mol. The van der Waals surface area contributed by atoms with Gasteiger partial charge < -0.3 is 10.4 Å². The third-order valence-electron chi connectivity index (χ3n) is 2.36. The summed E-state index contributed by atoms with van der Waals surface area (Å²) in [6.45, 7) is 0.230. The van der Waals surface area contributed by atoms with E-state index in [-0.39, 0.29) is 12.5 Å². The molecule has 0 aliphatic carbocycles. The number of thiophene rings is 1. The second-order valence-electron chi connectivity index (χ2n) is 3.61. The highest BCUT2D eigenvalue weighted by molar-refractivity contribution is 7.10. The van der Waals surface area contributed by atoms with E-state index >= 15 is 0 Å². The topological polar surface area (TPSA) is 49.3 Å². The van der Waals surface area contributed by atoms with Crippen LogP contribution < -0.4 is 5.32 Å². The molecule has 1 heterocycles. The second-order valence-corrected chi connectivity index (χ2v) is 4.59. The zero-order chi connectivity index (χ0) is 12.1. The Kier molecular flexibility index (Phi) is 3.90. The highest BCUT2D eigenvalue weighted by Crippen LogP contribution is 2.17. The molecule has 2 N–H and O–H groups in total. The van der Waals surface area contributed by atoms with Crippen molar-refractivity contribution in [2.24, 2.45) is 0 Å². The van der Waals surface area contributed by atoms with Gasteiger partial charge in [0.15, 0.2) is 0 Å². The highest BCUT2D eigenvalue weighted by Gasteiger charge is 2.10. The van der Waals surface area contributed by atoms with Crippen LogP contribution in [0.15, 0.2) is 47.8 Å². The first-order valence-corrected chi connectivity index (χ1v) is 6.20. The van der Waals surface area contributed by atoms with Gasteiger partial charge in [-0.3, -0.25) is 4.79 Å². The zero-order valence-electron chi connectivity index (χ0n) is 9.17. The zero-order valence-corrected chi connectivity index (χ0v) is 9.98. The van der Waals surface area contributed by atoms with Crippen LogP contribution in [0.2, 0.25) is 0 Å². The Labute approximate surface area is 104 Å². The minimum atomic E-state index is -0.636. The Hall–Kier alpha value is -1.65. The summed E-state index contributed by atoms with van der Waals surface area (Å²) >= 11 is 1.48. The van der Waals surface area contributed by atoms with Crippen molar-refractivity contribution in [3.63, 3.8) is 0 Å². The summed E-state index contributed by atoms with van der Waals surface area (Å²) in [7, 11) is 0. The van der Waals surface area contributed by atoms with Gasteiger partial charge in [-0.1, -0.05) is 24.3 Å². The Bertz CT molecular complexity index is 467. The molecule has 0 aliphatic rings. The van der Waals surface area contributed by atoms with Gasteiger partial charge in [0, 0.05) is 17.0 Å². The molecule has 1 atom stereocenters. The Morgan fingerprint density at radius 3 is 2.65 bits per heavy atom. The maximum Gasteiger partial charge on any atom is 0.251 e. The fourth-order valence-corrected chi connectivity index (χ4v) is 2.17. The van der Waals surface area contributed by atoms with Crippen LogP contribution in [-0.2, 0) is 0 Å². The first-order valence-electron chi connectivity index (χ1n) is 5.32. The van der Waals surface area contributed by atoms with Crippen molar-refractivity contribution in [3.05, 3.63) is 58.3 Å². The summed E-state index contributed by atoms with van der Waals surface area (Å²) in [4.78, 5) is 12.6. The molecule has 1 unspecified atom stereocenters. The lowest BCUT2D eigenvalue weighted by Gasteiger charge is -2.10. The van der Waals surface area contributed by atoms with Gasteiger partial charge in [0.05, 0.1) is 0 Å². The van der Waals surface area contributed by atoms with Gasteiger partial charge in [-0.15, -0.1) is 11.3 Å². The van der Waals surface area contributed by atoms with Gasteiger partial charge >= 0.3 is 0 Å². The largest absolute Gasteiger partial charge is 0.386 e. The molecule has 0 fully saturated rings. The smallest absolute Gasteiger partial charge is 0.251 e. The number of aliphatic hydroxyl groups is 1. The quantitative estimate of drug-likeness (QED) is 0.870. The molecule has 3 nitrogen and oxygen atoms in total. The van der Waals surface area contributed by atoms with Gasteiger partial charge in [0.1, 0.15) is 6.10 Å². The van der Waals surface area contributed by atoms with Gasteiger partial charge in [-0.05, 0) is 23.6 Å². The minimum Gasteiger partial charge on any atom is -0.386 e. The van der Waals surface area contributed by atoms with Crippen LogP contribution in [0.4, 0.5) is 0 Å². The van der Waals surface area contributed by atoms with E-state index in [1.165, 1.54) is 11.3 Å². The summed E-state index contributed by atoms with van der Waals surface area (Å²) in [6.07, 6.45) is -0.636. The summed E-state index contributed by atoms with van der Waals surface area (Å²) in [5, 5.41) is 14.4. The van der Waals surface area contributed by atoms with E-state index in [1.54, 1.807) is 12.1 Å². The number of benzene rings is 1. The van der Waals surface area contributed by atoms with Gasteiger partial charge in [0.2, 0.25) is 0 Å². The second kappa shape index (κ2) is 5.61.